The number of sulfonamides is 1. The summed E-state index contributed by atoms with van der Waals surface area (Å²) in [6.07, 6.45) is -3.68. The Balaban J connectivity index is 2.10. The molecule has 8 heteroatoms. The van der Waals surface area contributed by atoms with Crippen LogP contribution >= 0.6 is 11.3 Å². The van der Waals surface area contributed by atoms with E-state index >= 15 is 0 Å². The maximum Gasteiger partial charge on any atom is 0.417 e. The molecular weight excluding hydrogens is 359 g/mol. The Bertz CT molecular complexity index is 843. The van der Waals surface area contributed by atoms with Crippen LogP contribution in [0, 0.1) is 0 Å². The molecular formula is C16H16F3NO2S2. The van der Waals surface area contributed by atoms with Gasteiger partial charge >= 0.3 is 6.18 Å². The van der Waals surface area contributed by atoms with Crippen molar-refractivity contribution in [1.82, 2.24) is 4.31 Å². The number of nitrogens with zero attached hydrogens (tertiary/aromatic N) is 1. The highest BCUT2D eigenvalue weighted by Gasteiger charge is 2.42. The molecule has 1 unspecified atom stereocenters. The summed E-state index contributed by atoms with van der Waals surface area (Å²) in [6, 6.07) is 5.81. The molecule has 0 spiro atoms. The fourth-order valence-electron chi connectivity index (χ4n) is 3.14. The molecule has 0 N–H and O–H groups in total. The third-order valence-electron chi connectivity index (χ3n) is 4.21. The van der Waals surface area contributed by atoms with E-state index in [-0.39, 0.29) is 6.54 Å². The van der Waals surface area contributed by atoms with Gasteiger partial charge in [-0.1, -0.05) is 19.1 Å². The van der Waals surface area contributed by atoms with Crippen LogP contribution < -0.4 is 0 Å². The lowest BCUT2D eigenvalue weighted by Crippen LogP contribution is -2.40. The molecule has 3 nitrogen and oxygen atoms in total. The Morgan fingerprint density at radius 3 is 2.62 bits per heavy atom. The molecule has 3 rings (SSSR count). The van der Waals surface area contributed by atoms with Crippen LogP contribution in [0.25, 0.3) is 0 Å². The number of hydrogen-bond acceptors (Lipinski definition) is 3. The van der Waals surface area contributed by atoms with Crippen molar-refractivity contribution in [1.29, 1.82) is 0 Å². The van der Waals surface area contributed by atoms with Gasteiger partial charge in [-0.25, -0.2) is 8.42 Å². The molecule has 1 aliphatic rings. The first-order valence-electron chi connectivity index (χ1n) is 7.51. The molecule has 2 aromatic rings. The predicted octanol–water partition coefficient (Wildman–Crippen LogP) is 4.47. The van der Waals surface area contributed by atoms with Gasteiger partial charge in [0.15, 0.2) is 0 Å². The molecule has 0 radical (unpaired) electrons. The molecule has 0 amide bonds. The van der Waals surface area contributed by atoms with Crippen molar-refractivity contribution >= 4 is 21.4 Å². The van der Waals surface area contributed by atoms with Gasteiger partial charge in [0.05, 0.1) is 16.5 Å². The summed E-state index contributed by atoms with van der Waals surface area (Å²) >= 11 is 1.56. The van der Waals surface area contributed by atoms with Crippen molar-refractivity contribution in [3.8, 4) is 0 Å². The SMILES string of the molecule is CCC1c2ccsc2CCN1S(=O)(=O)c1ccccc1C(F)(F)F. The third-order valence-corrected chi connectivity index (χ3v) is 7.17. The van der Waals surface area contributed by atoms with Gasteiger partial charge in [-0.2, -0.15) is 17.5 Å². The minimum absolute atomic E-state index is 0.195. The minimum atomic E-state index is -4.71. The second kappa shape index (κ2) is 6.16. The molecule has 2 heterocycles. The van der Waals surface area contributed by atoms with E-state index in [2.05, 4.69) is 0 Å². The largest absolute Gasteiger partial charge is 0.417 e. The molecule has 1 atom stereocenters. The van der Waals surface area contributed by atoms with Gasteiger partial charge in [0.2, 0.25) is 10.0 Å². The Hall–Kier alpha value is -1.38. The van der Waals surface area contributed by atoms with Crippen LogP contribution in [0.1, 0.15) is 35.4 Å². The van der Waals surface area contributed by atoms with Gasteiger partial charge < -0.3 is 0 Å². The van der Waals surface area contributed by atoms with Gasteiger partial charge in [-0.3, -0.25) is 0 Å². The summed E-state index contributed by atoms with van der Waals surface area (Å²) in [5.74, 6) is 0. The monoisotopic (exact) mass is 375 g/mol. The number of hydrogen-bond donors (Lipinski definition) is 0. The van der Waals surface area contributed by atoms with E-state index in [1.807, 2.05) is 18.4 Å². The number of thiophene rings is 1. The molecule has 24 heavy (non-hydrogen) atoms. The lowest BCUT2D eigenvalue weighted by molar-refractivity contribution is -0.139. The summed E-state index contributed by atoms with van der Waals surface area (Å²) in [7, 11) is -4.24. The fraction of sp³-hybridized carbons (Fsp3) is 0.375. The Morgan fingerprint density at radius 2 is 1.96 bits per heavy atom. The van der Waals surface area contributed by atoms with E-state index in [1.165, 1.54) is 16.4 Å². The molecule has 1 aliphatic heterocycles. The van der Waals surface area contributed by atoms with Crippen LogP contribution in [-0.2, 0) is 22.6 Å². The average Bonchev–Trinajstić information content (AvgIpc) is 3.01. The summed E-state index contributed by atoms with van der Waals surface area (Å²) in [6.45, 7) is 2.04. The predicted molar refractivity (Wildman–Crippen MR) is 86.4 cm³/mol. The molecule has 0 aliphatic carbocycles. The molecule has 0 saturated heterocycles. The van der Waals surface area contributed by atoms with E-state index in [9.17, 15) is 21.6 Å². The molecule has 1 aromatic heterocycles. The van der Waals surface area contributed by atoms with Crippen molar-refractivity contribution in [2.24, 2.45) is 0 Å². The number of alkyl halides is 3. The van der Waals surface area contributed by atoms with E-state index in [1.54, 1.807) is 11.3 Å². The van der Waals surface area contributed by atoms with Crippen molar-refractivity contribution in [2.45, 2.75) is 36.9 Å². The van der Waals surface area contributed by atoms with Crippen LogP contribution in [-0.4, -0.2) is 19.3 Å². The Morgan fingerprint density at radius 1 is 1.25 bits per heavy atom. The maximum atomic E-state index is 13.2. The first-order valence-corrected chi connectivity index (χ1v) is 9.83. The van der Waals surface area contributed by atoms with E-state index < -0.39 is 32.7 Å². The van der Waals surface area contributed by atoms with Crippen molar-refractivity contribution < 1.29 is 21.6 Å². The van der Waals surface area contributed by atoms with Gasteiger partial charge in [-0.15, -0.1) is 11.3 Å². The second-order valence-corrected chi connectivity index (χ2v) is 8.44. The van der Waals surface area contributed by atoms with Crippen molar-refractivity contribution in [3.05, 3.63) is 51.7 Å². The van der Waals surface area contributed by atoms with E-state index in [4.69, 9.17) is 0 Å². The number of halogens is 3. The van der Waals surface area contributed by atoms with Gasteiger partial charge in [0, 0.05) is 11.4 Å². The van der Waals surface area contributed by atoms with Crippen LogP contribution in [0.4, 0.5) is 13.2 Å². The van der Waals surface area contributed by atoms with E-state index in [0.29, 0.717) is 12.8 Å². The summed E-state index contributed by atoms with van der Waals surface area (Å²) in [5.41, 5.74) is -0.210. The molecule has 1 aromatic carbocycles. The highest BCUT2D eigenvalue weighted by atomic mass is 32.2. The minimum Gasteiger partial charge on any atom is -0.207 e. The normalized spacial score (nSPS) is 19.2. The molecule has 0 bridgehead atoms. The standard InChI is InChI=1S/C16H16F3NO2S2/c1-2-13-11-8-10-23-14(11)7-9-20(13)24(21,22)15-6-4-3-5-12(15)16(17,18)19/h3-6,8,10,13H,2,7,9H2,1H3. The fourth-order valence-corrected chi connectivity index (χ4v) is 5.96. The average molecular weight is 375 g/mol. The number of rotatable bonds is 3. The lowest BCUT2D eigenvalue weighted by Gasteiger charge is -2.34. The Labute approximate surface area is 142 Å². The molecule has 130 valence electrons. The molecule has 0 fully saturated rings. The lowest BCUT2D eigenvalue weighted by atomic mass is 10.0. The van der Waals surface area contributed by atoms with Crippen LogP contribution in [0.3, 0.4) is 0 Å². The number of fused-ring (bicyclic) bond motifs is 1. The quantitative estimate of drug-likeness (QED) is 0.794. The first kappa shape index (κ1) is 17.4. The van der Waals surface area contributed by atoms with Gasteiger partial charge in [-0.05, 0) is 42.0 Å². The molecule has 0 saturated carbocycles. The zero-order valence-electron chi connectivity index (χ0n) is 12.9. The highest BCUT2D eigenvalue weighted by Crippen LogP contribution is 2.41. The van der Waals surface area contributed by atoms with Crippen LogP contribution in [0.15, 0.2) is 40.6 Å². The van der Waals surface area contributed by atoms with Crippen LogP contribution in [0.5, 0.6) is 0 Å². The Kier molecular flexibility index (Phi) is 4.48. The van der Waals surface area contributed by atoms with E-state index in [0.717, 1.165) is 22.6 Å². The summed E-state index contributed by atoms with van der Waals surface area (Å²) in [5, 5.41) is 1.90. The maximum absolute atomic E-state index is 13.2. The third kappa shape index (κ3) is 2.87. The smallest absolute Gasteiger partial charge is 0.207 e. The zero-order chi connectivity index (χ0) is 17.5. The topological polar surface area (TPSA) is 37.4 Å². The number of benzene rings is 1. The van der Waals surface area contributed by atoms with Crippen molar-refractivity contribution in [2.75, 3.05) is 6.54 Å². The van der Waals surface area contributed by atoms with Gasteiger partial charge in [0.1, 0.15) is 0 Å². The van der Waals surface area contributed by atoms with Gasteiger partial charge in [0.25, 0.3) is 0 Å². The summed E-state index contributed by atoms with van der Waals surface area (Å²) < 4.78 is 66.9. The highest BCUT2D eigenvalue weighted by molar-refractivity contribution is 7.89. The second-order valence-electron chi connectivity index (χ2n) is 5.58. The summed E-state index contributed by atoms with van der Waals surface area (Å²) in [4.78, 5) is 0.437. The van der Waals surface area contributed by atoms with Crippen LogP contribution in [0.2, 0.25) is 0 Å². The van der Waals surface area contributed by atoms with Crippen molar-refractivity contribution in [3.63, 3.8) is 0 Å². The first-order chi connectivity index (χ1) is 11.3. The zero-order valence-corrected chi connectivity index (χ0v) is 14.5.